The maximum atomic E-state index is 12.0. The van der Waals surface area contributed by atoms with E-state index in [0.717, 1.165) is 12.8 Å². The van der Waals surface area contributed by atoms with Crippen LogP contribution in [0.15, 0.2) is 30.3 Å². The van der Waals surface area contributed by atoms with Crippen LogP contribution in [0.25, 0.3) is 0 Å². The van der Waals surface area contributed by atoms with E-state index >= 15 is 0 Å². The first-order valence-electron chi connectivity index (χ1n) is 7.29. The topological polar surface area (TPSA) is 38.3 Å². The molecule has 0 aromatic heterocycles. The van der Waals surface area contributed by atoms with Gasteiger partial charge >= 0.3 is 6.09 Å². The summed E-state index contributed by atoms with van der Waals surface area (Å²) in [6, 6.07) is 9.37. The molecule has 1 aromatic rings. The summed E-state index contributed by atoms with van der Waals surface area (Å²) in [5.41, 5.74) is 0.513. The van der Waals surface area contributed by atoms with Crippen molar-refractivity contribution < 1.29 is 9.53 Å². The summed E-state index contributed by atoms with van der Waals surface area (Å²) in [5.74, 6) is 0.583. The van der Waals surface area contributed by atoms with Crippen molar-refractivity contribution in [2.24, 2.45) is 10.8 Å². The number of hydrogen-bond acceptors (Lipinski definition) is 2. The molecule has 0 bridgehead atoms. The number of carbonyl (C=O) groups is 1. The Labute approximate surface area is 121 Å². The molecule has 2 rings (SSSR count). The summed E-state index contributed by atoms with van der Waals surface area (Å²) < 4.78 is 5.30. The molecule has 1 aliphatic rings. The fourth-order valence-corrected chi connectivity index (χ4v) is 3.74. The molecule has 20 heavy (non-hydrogen) atoms. The lowest BCUT2D eigenvalue weighted by Gasteiger charge is -2.44. The highest BCUT2D eigenvalue weighted by atomic mass is 16.6. The minimum Gasteiger partial charge on any atom is -0.410 e. The van der Waals surface area contributed by atoms with Gasteiger partial charge in [0.1, 0.15) is 5.75 Å². The van der Waals surface area contributed by atoms with E-state index in [1.54, 1.807) is 12.1 Å². The van der Waals surface area contributed by atoms with E-state index in [1.807, 2.05) is 18.2 Å². The van der Waals surface area contributed by atoms with E-state index in [9.17, 15) is 4.79 Å². The van der Waals surface area contributed by atoms with Crippen LogP contribution in [-0.4, -0.2) is 12.1 Å². The first kappa shape index (κ1) is 14.9. The van der Waals surface area contributed by atoms with Crippen LogP contribution in [0.3, 0.4) is 0 Å². The van der Waals surface area contributed by atoms with Crippen LogP contribution in [0.1, 0.15) is 47.0 Å². The molecular formula is C17H25NO2. The molecule has 0 spiro atoms. The third kappa shape index (κ3) is 4.26. The Balaban J connectivity index is 1.94. The molecule has 3 nitrogen and oxygen atoms in total. The molecule has 0 aliphatic heterocycles. The van der Waals surface area contributed by atoms with Crippen molar-refractivity contribution in [1.82, 2.24) is 5.32 Å². The summed E-state index contributed by atoms with van der Waals surface area (Å²) in [6.07, 6.45) is 2.83. The van der Waals surface area contributed by atoms with E-state index in [-0.39, 0.29) is 23.0 Å². The predicted molar refractivity (Wildman–Crippen MR) is 80.8 cm³/mol. The second kappa shape index (κ2) is 5.47. The minimum absolute atomic E-state index is 0.185. The van der Waals surface area contributed by atoms with Crippen LogP contribution in [0.5, 0.6) is 5.75 Å². The van der Waals surface area contributed by atoms with Crippen molar-refractivity contribution in [2.45, 2.75) is 53.0 Å². The number of rotatable bonds is 2. The Morgan fingerprint density at radius 2 is 1.65 bits per heavy atom. The highest BCUT2D eigenvalue weighted by Crippen LogP contribution is 2.45. The smallest absolute Gasteiger partial charge is 0.410 e. The minimum atomic E-state index is -0.352. The second-order valence-corrected chi connectivity index (χ2v) is 7.46. The normalized spacial score (nSPS) is 21.2. The van der Waals surface area contributed by atoms with Gasteiger partial charge in [-0.2, -0.15) is 0 Å². The van der Waals surface area contributed by atoms with E-state index in [2.05, 4.69) is 33.0 Å². The van der Waals surface area contributed by atoms with Gasteiger partial charge in [0.25, 0.3) is 0 Å². The lowest BCUT2D eigenvalue weighted by molar-refractivity contribution is 0.0846. The van der Waals surface area contributed by atoms with Gasteiger partial charge in [0, 0.05) is 6.04 Å². The fourth-order valence-electron chi connectivity index (χ4n) is 3.74. The zero-order chi connectivity index (χ0) is 14.8. The lowest BCUT2D eigenvalue weighted by atomic mass is 9.63. The molecule has 3 heteroatoms. The van der Waals surface area contributed by atoms with E-state index in [1.165, 1.54) is 6.42 Å². The summed E-state index contributed by atoms with van der Waals surface area (Å²) in [5, 5.41) is 3.02. The van der Waals surface area contributed by atoms with E-state index in [4.69, 9.17) is 4.74 Å². The van der Waals surface area contributed by atoms with Crippen molar-refractivity contribution in [3.8, 4) is 5.75 Å². The summed E-state index contributed by atoms with van der Waals surface area (Å²) in [4.78, 5) is 12.0. The van der Waals surface area contributed by atoms with E-state index < -0.39 is 0 Å². The Morgan fingerprint density at radius 1 is 1.10 bits per heavy atom. The Morgan fingerprint density at radius 3 is 2.20 bits per heavy atom. The van der Waals surface area contributed by atoms with Crippen molar-refractivity contribution in [1.29, 1.82) is 0 Å². The zero-order valence-corrected chi connectivity index (χ0v) is 12.9. The fraction of sp³-hybridized carbons (Fsp3) is 0.588. The van der Waals surface area contributed by atoms with Crippen LogP contribution >= 0.6 is 0 Å². The van der Waals surface area contributed by atoms with Crippen LogP contribution < -0.4 is 10.1 Å². The third-order valence-electron chi connectivity index (χ3n) is 3.83. The molecule has 110 valence electrons. The van der Waals surface area contributed by atoms with Gasteiger partial charge in [0.15, 0.2) is 0 Å². The number of hydrogen-bond donors (Lipinski definition) is 1. The largest absolute Gasteiger partial charge is 0.412 e. The van der Waals surface area contributed by atoms with Crippen molar-refractivity contribution in [2.75, 3.05) is 0 Å². The van der Waals surface area contributed by atoms with Gasteiger partial charge < -0.3 is 10.1 Å². The summed E-state index contributed by atoms with van der Waals surface area (Å²) in [7, 11) is 0. The molecule has 1 amide bonds. The SMILES string of the molecule is CC1(C)CC(NC(=O)Oc2ccccc2)CC(C)(C)C1. The Kier molecular flexibility index (Phi) is 4.07. The van der Waals surface area contributed by atoms with E-state index in [0.29, 0.717) is 5.75 Å². The highest BCUT2D eigenvalue weighted by Gasteiger charge is 2.39. The van der Waals surface area contributed by atoms with Crippen molar-refractivity contribution in [3.63, 3.8) is 0 Å². The molecule has 0 radical (unpaired) electrons. The lowest BCUT2D eigenvalue weighted by Crippen LogP contribution is -2.46. The Hall–Kier alpha value is -1.51. The molecule has 1 N–H and O–H groups in total. The van der Waals surface area contributed by atoms with Gasteiger partial charge in [0.2, 0.25) is 0 Å². The first-order valence-corrected chi connectivity index (χ1v) is 7.29. The van der Waals surface area contributed by atoms with Gasteiger partial charge in [-0.25, -0.2) is 4.79 Å². The van der Waals surface area contributed by atoms with Gasteiger partial charge in [-0.05, 0) is 42.2 Å². The average molecular weight is 275 g/mol. The average Bonchev–Trinajstić information content (AvgIpc) is 2.25. The number of amides is 1. The second-order valence-electron chi connectivity index (χ2n) is 7.46. The Bertz CT molecular complexity index is 449. The molecule has 1 aliphatic carbocycles. The highest BCUT2D eigenvalue weighted by molar-refractivity contribution is 5.70. The number of nitrogens with one attached hydrogen (secondary N) is 1. The van der Waals surface area contributed by atoms with Gasteiger partial charge in [0.05, 0.1) is 0 Å². The molecule has 1 fully saturated rings. The molecule has 0 heterocycles. The molecule has 0 saturated heterocycles. The number of ether oxygens (including phenoxy) is 1. The standard InChI is InChI=1S/C17H25NO2/c1-16(2)10-13(11-17(3,4)12-16)18-15(19)20-14-8-6-5-7-9-14/h5-9,13H,10-12H2,1-4H3,(H,18,19). The molecule has 0 atom stereocenters. The van der Waals surface area contributed by atoms with Crippen LogP contribution in [-0.2, 0) is 0 Å². The van der Waals surface area contributed by atoms with Crippen molar-refractivity contribution >= 4 is 6.09 Å². The van der Waals surface area contributed by atoms with Gasteiger partial charge in [-0.15, -0.1) is 0 Å². The first-order chi connectivity index (χ1) is 9.26. The molecular weight excluding hydrogens is 250 g/mol. The molecule has 1 saturated carbocycles. The summed E-state index contributed by atoms with van der Waals surface area (Å²) >= 11 is 0. The predicted octanol–water partition coefficient (Wildman–Crippen LogP) is 4.38. The number of carbonyl (C=O) groups excluding carboxylic acids is 1. The van der Waals surface area contributed by atoms with Crippen LogP contribution in [0.4, 0.5) is 4.79 Å². The third-order valence-corrected chi connectivity index (χ3v) is 3.83. The van der Waals surface area contributed by atoms with Gasteiger partial charge in [-0.3, -0.25) is 0 Å². The van der Waals surface area contributed by atoms with Crippen molar-refractivity contribution in [3.05, 3.63) is 30.3 Å². The molecule has 1 aromatic carbocycles. The maximum absolute atomic E-state index is 12.0. The van der Waals surface area contributed by atoms with Crippen LogP contribution in [0, 0.1) is 10.8 Å². The van der Waals surface area contributed by atoms with Gasteiger partial charge in [-0.1, -0.05) is 45.9 Å². The quantitative estimate of drug-likeness (QED) is 0.869. The molecule has 0 unspecified atom stereocenters. The maximum Gasteiger partial charge on any atom is 0.412 e. The zero-order valence-electron chi connectivity index (χ0n) is 12.9. The number of para-hydroxylation sites is 1. The monoisotopic (exact) mass is 275 g/mol. The number of benzene rings is 1. The van der Waals surface area contributed by atoms with Crippen LogP contribution in [0.2, 0.25) is 0 Å². The summed E-state index contributed by atoms with van der Waals surface area (Å²) in [6.45, 7) is 9.08.